The highest BCUT2D eigenvalue weighted by atomic mass is 16.2. The molecule has 0 spiro atoms. The Balaban J connectivity index is 3.40. The molecule has 0 fully saturated rings. The highest BCUT2D eigenvalue weighted by Crippen LogP contribution is 1.97. The van der Waals surface area contributed by atoms with Crippen molar-refractivity contribution in [1.29, 1.82) is 0 Å². The minimum absolute atomic E-state index is 0.536. The van der Waals surface area contributed by atoms with Gasteiger partial charge in [-0.25, -0.2) is 0 Å². The number of carbonyl (C=O) groups is 2. The number of nitrogens with two attached hydrogens (primary N) is 2. The maximum Gasteiger partial charge on any atom is 0.309 e. The van der Waals surface area contributed by atoms with E-state index in [9.17, 15) is 9.59 Å². The Morgan fingerprint density at radius 2 is 0.950 bits per heavy atom. The Bertz CT molecular complexity index is 234. The van der Waals surface area contributed by atoms with Crippen molar-refractivity contribution in [3.8, 4) is 0 Å². The van der Waals surface area contributed by atoms with E-state index in [1.807, 2.05) is 0 Å². The zero-order chi connectivity index (χ0) is 15.1. The first kappa shape index (κ1) is 18.9. The van der Waals surface area contributed by atoms with Crippen LogP contribution in [0.1, 0.15) is 51.4 Å². The molecular formula is C14H30N4O2. The summed E-state index contributed by atoms with van der Waals surface area (Å²) in [5, 5.41) is 5.24. The minimum atomic E-state index is -0.536. The van der Waals surface area contributed by atoms with Gasteiger partial charge in [-0.3, -0.25) is 9.59 Å². The van der Waals surface area contributed by atoms with E-state index in [2.05, 4.69) is 10.6 Å². The number of unbranched alkanes of at least 4 members (excludes halogenated alkanes) is 6. The number of amides is 2. The van der Waals surface area contributed by atoms with Crippen LogP contribution >= 0.6 is 0 Å². The monoisotopic (exact) mass is 286 g/mol. The van der Waals surface area contributed by atoms with E-state index >= 15 is 0 Å². The summed E-state index contributed by atoms with van der Waals surface area (Å²) in [6.07, 6.45) is 8.00. The van der Waals surface area contributed by atoms with Crippen molar-refractivity contribution in [3.05, 3.63) is 0 Å². The SMILES string of the molecule is NCCCCCCNC(=O)C(=O)NCCCCCCN. The average Bonchev–Trinajstić information content (AvgIpc) is 2.45. The summed E-state index contributed by atoms with van der Waals surface area (Å²) in [6, 6.07) is 0. The second-order valence-electron chi connectivity index (χ2n) is 4.92. The predicted octanol–water partition coefficient (Wildman–Crippen LogP) is 0.257. The fourth-order valence-corrected chi connectivity index (χ4v) is 1.81. The van der Waals surface area contributed by atoms with E-state index in [0.29, 0.717) is 26.2 Å². The van der Waals surface area contributed by atoms with E-state index in [1.165, 1.54) is 0 Å². The van der Waals surface area contributed by atoms with Gasteiger partial charge in [0.25, 0.3) is 0 Å². The van der Waals surface area contributed by atoms with Gasteiger partial charge in [0.15, 0.2) is 0 Å². The van der Waals surface area contributed by atoms with Crippen LogP contribution in [0.4, 0.5) is 0 Å². The third-order valence-corrected chi connectivity index (χ3v) is 3.04. The molecule has 0 unspecified atom stereocenters. The van der Waals surface area contributed by atoms with Crippen molar-refractivity contribution in [2.24, 2.45) is 11.5 Å². The fraction of sp³-hybridized carbons (Fsp3) is 0.857. The summed E-state index contributed by atoms with van der Waals surface area (Å²) >= 11 is 0. The van der Waals surface area contributed by atoms with E-state index in [4.69, 9.17) is 11.5 Å². The van der Waals surface area contributed by atoms with Crippen molar-refractivity contribution in [1.82, 2.24) is 10.6 Å². The molecule has 6 nitrogen and oxygen atoms in total. The smallest absolute Gasteiger partial charge is 0.309 e. The van der Waals surface area contributed by atoms with E-state index in [0.717, 1.165) is 51.4 Å². The quantitative estimate of drug-likeness (QED) is 0.304. The number of hydrogen-bond donors (Lipinski definition) is 4. The van der Waals surface area contributed by atoms with E-state index < -0.39 is 11.8 Å². The van der Waals surface area contributed by atoms with Crippen molar-refractivity contribution in [3.63, 3.8) is 0 Å². The van der Waals surface area contributed by atoms with Gasteiger partial charge in [-0.2, -0.15) is 0 Å². The Morgan fingerprint density at radius 3 is 1.30 bits per heavy atom. The van der Waals surface area contributed by atoms with Crippen LogP contribution in [0, 0.1) is 0 Å². The van der Waals surface area contributed by atoms with Gasteiger partial charge in [0.05, 0.1) is 0 Å². The van der Waals surface area contributed by atoms with Crippen molar-refractivity contribution >= 4 is 11.8 Å². The molecule has 118 valence electrons. The molecule has 20 heavy (non-hydrogen) atoms. The van der Waals surface area contributed by atoms with Crippen LogP contribution < -0.4 is 22.1 Å². The Labute approximate surface area is 122 Å². The highest BCUT2D eigenvalue weighted by Gasteiger charge is 2.11. The number of hydrogen-bond acceptors (Lipinski definition) is 4. The summed E-state index contributed by atoms with van der Waals surface area (Å²) in [5.74, 6) is -1.07. The topological polar surface area (TPSA) is 110 Å². The summed E-state index contributed by atoms with van der Waals surface area (Å²) in [7, 11) is 0. The number of carbonyl (C=O) groups excluding carboxylic acids is 2. The van der Waals surface area contributed by atoms with Gasteiger partial charge < -0.3 is 22.1 Å². The van der Waals surface area contributed by atoms with Crippen LogP contribution in [0.2, 0.25) is 0 Å². The summed E-state index contributed by atoms with van der Waals surface area (Å²) in [6.45, 7) is 2.51. The van der Waals surface area contributed by atoms with Gasteiger partial charge in [0.1, 0.15) is 0 Å². The summed E-state index contributed by atoms with van der Waals surface area (Å²) < 4.78 is 0. The lowest BCUT2D eigenvalue weighted by molar-refractivity contribution is -0.139. The first-order valence-corrected chi connectivity index (χ1v) is 7.68. The number of rotatable bonds is 12. The third-order valence-electron chi connectivity index (χ3n) is 3.04. The van der Waals surface area contributed by atoms with Crippen LogP contribution in [0.15, 0.2) is 0 Å². The maximum absolute atomic E-state index is 11.4. The van der Waals surface area contributed by atoms with Crippen molar-refractivity contribution < 1.29 is 9.59 Å². The van der Waals surface area contributed by atoms with Crippen LogP contribution in [-0.2, 0) is 9.59 Å². The summed E-state index contributed by atoms with van der Waals surface area (Å²) in [5.41, 5.74) is 10.8. The molecule has 2 amide bonds. The second kappa shape index (κ2) is 14.3. The minimum Gasteiger partial charge on any atom is -0.348 e. The molecule has 0 aliphatic rings. The second-order valence-corrected chi connectivity index (χ2v) is 4.92. The molecule has 0 aliphatic carbocycles. The Hall–Kier alpha value is -1.14. The highest BCUT2D eigenvalue weighted by molar-refractivity contribution is 6.35. The van der Waals surface area contributed by atoms with E-state index in [-0.39, 0.29) is 0 Å². The molecule has 0 atom stereocenters. The standard InChI is InChI=1S/C14H30N4O2/c15-9-5-1-3-7-11-17-13(19)14(20)18-12-8-4-2-6-10-16/h1-12,15-16H2,(H,17,19)(H,18,20). The maximum atomic E-state index is 11.4. The van der Waals surface area contributed by atoms with E-state index in [1.54, 1.807) is 0 Å². The first-order chi connectivity index (χ1) is 9.72. The molecule has 6 N–H and O–H groups in total. The van der Waals surface area contributed by atoms with Gasteiger partial charge in [-0.15, -0.1) is 0 Å². The molecule has 0 aliphatic heterocycles. The molecular weight excluding hydrogens is 256 g/mol. The summed E-state index contributed by atoms with van der Waals surface area (Å²) in [4.78, 5) is 22.9. The van der Waals surface area contributed by atoms with Crippen LogP contribution in [0.25, 0.3) is 0 Å². The molecule has 0 saturated carbocycles. The molecule has 0 aromatic carbocycles. The van der Waals surface area contributed by atoms with Gasteiger partial charge >= 0.3 is 11.8 Å². The van der Waals surface area contributed by atoms with Crippen molar-refractivity contribution in [2.45, 2.75) is 51.4 Å². The van der Waals surface area contributed by atoms with Gasteiger partial charge in [-0.05, 0) is 38.8 Å². The van der Waals surface area contributed by atoms with Crippen LogP contribution in [-0.4, -0.2) is 38.0 Å². The molecule has 0 heterocycles. The largest absolute Gasteiger partial charge is 0.348 e. The van der Waals surface area contributed by atoms with Gasteiger partial charge in [0, 0.05) is 13.1 Å². The third kappa shape index (κ3) is 11.9. The molecule has 0 saturated heterocycles. The molecule has 0 bridgehead atoms. The van der Waals surface area contributed by atoms with Gasteiger partial charge in [-0.1, -0.05) is 25.7 Å². The molecule has 6 heteroatoms. The average molecular weight is 286 g/mol. The molecule has 0 aromatic heterocycles. The van der Waals surface area contributed by atoms with Crippen molar-refractivity contribution in [2.75, 3.05) is 26.2 Å². The zero-order valence-corrected chi connectivity index (χ0v) is 12.5. The molecule has 0 radical (unpaired) electrons. The lowest BCUT2D eigenvalue weighted by Gasteiger charge is -2.06. The van der Waals surface area contributed by atoms with Gasteiger partial charge in [0.2, 0.25) is 0 Å². The Morgan fingerprint density at radius 1 is 0.600 bits per heavy atom. The number of nitrogens with one attached hydrogen (secondary N) is 2. The van der Waals surface area contributed by atoms with Crippen LogP contribution in [0.5, 0.6) is 0 Å². The zero-order valence-electron chi connectivity index (χ0n) is 12.5. The Kier molecular flexibility index (Phi) is 13.5. The predicted molar refractivity (Wildman–Crippen MR) is 81.1 cm³/mol. The lowest BCUT2D eigenvalue weighted by atomic mass is 10.2. The molecule has 0 aromatic rings. The first-order valence-electron chi connectivity index (χ1n) is 7.68. The fourth-order valence-electron chi connectivity index (χ4n) is 1.81. The normalized spacial score (nSPS) is 10.3. The molecule has 0 rings (SSSR count). The lowest BCUT2D eigenvalue weighted by Crippen LogP contribution is -2.40. The van der Waals surface area contributed by atoms with Crippen LogP contribution in [0.3, 0.4) is 0 Å².